The van der Waals surface area contributed by atoms with Gasteiger partial charge in [0.25, 0.3) is 5.91 Å². The predicted octanol–water partition coefficient (Wildman–Crippen LogP) is 4.11. The molecule has 7 heteroatoms. The van der Waals surface area contributed by atoms with E-state index in [-0.39, 0.29) is 17.1 Å². The number of nitrogens with zero attached hydrogens (tertiary/aromatic N) is 1. The lowest BCUT2D eigenvalue weighted by molar-refractivity contribution is -0.136. The van der Waals surface area contributed by atoms with Gasteiger partial charge in [-0.3, -0.25) is 9.69 Å². The average Bonchev–Trinajstić information content (AvgIpc) is 2.97. The molecule has 2 aromatic rings. The van der Waals surface area contributed by atoms with Crippen molar-refractivity contribution in [2.75, 3.05) is 19.1 Å². The van der Waals surface area contributed by atoms with Crippen LogP contribution in [0.5, 0.6) is 0 Å². The Hall–Kier alpha value is -3.19. The molecular formula is C22H18BrNO5. The summed E-state index contributed by atoms with van der Waals surface area (Å²) >= 11 is 3.40. The first-order chi connectivity index (χ1) is 13.9. The largest absolute Gasteiger partial charge is 0.465 e. The molecule has 0 N–H and O–H groups in total. The van der Waals surface area contributed by atoms with Gasteiger partial charge in [0.2, 0.25) is 0 Å². The highest BCUT2D eigenvalue weighted by atomic mass is 79.9. The van der Waals surface area contributed by atoms with Crippen molar-refractivity contribution in [2.24, 2.45) is 0 Å². The summed E-state index contributed by atoms with van der Waals surface area (Å²) in [5.74, 6) is -1.38. The zero-order valence-corrected chi connectivity index (χ0v) is 17.6. The fraction of sp³-hybridized carbons (Fsp3) is 0.136. The Morgan fingerprint density at radius 2 is 1.66 bits per heavy atom. The molecule has 0 atom stereocenters. The predicted molar refractivity (Wildman–Crippen MR) is 112 cm³/mol. The van der Waals surface area contributed by atoms with E-state index in [4.69, 9.17) is 4.74 Å². The number of benzene rings is 2. The number of halogens is 1. The minimum absolute atomic E-state index is 0.203. The summed E-state index contributed by atoms with van der Waals surface area (Å²) < 4.78 is 10.4. The van der Waals surface area contributed by atoms with Crippen molar-refractivity contribution >= 4 is 45.5 Å². The van der Waals surface area contributed by atoms with Crippen LogP contribution >= 0.6 is 15.9 Å². The smallest absolute Gasteiger partial charge is 0.340 e. The van der Waals surface area contributed by atoms with Gasteiger partial charge < -0.3 is 9.47 Å². The van der Waals surface area contributed by atoms with Crippen LogP contribution in [0.25, 0.3) is 6.08 Å². The molecule has 0 saturated heterocycles. The van der Waals surface area contributed by atoms with Crippen LogP contribution in [0, 0.1) is 0 Å². The van der Waals surface area contributed by atoms with Crippen molar-refractivity contribution in [2.45, 2.75) is 6.92 Å². The van der Waals surface area contributed by atoms with Gasteiger partial charge in [0.05, 0.1) is 36.6 Å². The standard InChI is InChI=1S/C22H18BrNO5/c1-13-19(22(27)29-3)18(11-14-7-9-15(10-8-14)21(26)28-2)20(25)24(13)17-6-4-5-16(23)12-17/h4-12H,1-3H3/b18-11-. The van der Waals surface area contributed by atoms with Crippen LogP contribution < -0.4 is 4.90 Å². The molecule has 0 radical (unpaired) electrons. The molecule has 1 aliphatic heterocycles. The maximum atomic E-state index is 13.2. The number of methoxy groups -OCH3 is 2. The Labute approximate surface area is 176 Å². The monoisotopic (exact) mass is 455 g/mol. The Balaban J connectivity index is 2.07. The number of hydrogen-bond acceptors (Lipinski definition) is 5. The molecule has 6 nitrogen and oxygen atoms in total. The summed E-state index contributed by atoms with van der Waals surface area (Å²) in [6.07, 6.45) is 1.61. The molecule has 0 bridgehead atoms. The summed E-state index contributed by atoms with van der Waals surface area (Å²) in [4.78, 5) is 38.7. The summed E-state index contributed by atoms with van der Waals surface area (Å²) in [5, 5.41) is 0. The van der Waals surface area contributed by atoms with Crippen LogP contribution in [0.4, 0.5) is 5.69 Å². The highest BCUT2D eigenvalue weighted by Gasteiger charge is 2.37. The second-order valence-corrected chi connectivity index (χ2v) is 7.16. The van der Waals surface area contributed by atoms with E-state index >= 15 is 0 Å². The quantitative estimate of drug-likeness (QED) is 0.512. The third kappa shape index (κ3) is 4.00. The number of hydrogen-bond donors (Lipinski definition) is 0. The zero-order chi connectivity index (χ0) is 21.1. The molecule has 1 amide bonds. The number of allylic oxidation sites excluding steroid dienone is 1. The molecule has 0 spiro atoms. The Morgan fingerprint density at radius 3 is 2.24 bits per heavy atom. The second-order valence-electron chi connectivity index (χ2n) is 6.24. The summed E-state index contributed by atoms with van der Waals surface area (Å²) in [6, 6.07) is 13.8. The van der Waals surface area contributed by atoms with Crippen LogP contribution in [0.1, 0.15) is 22.8 Å². The highest BCUT2D eigenvalue weighted by Crippen LogP contribution is 2.36. The molecule has 1 aliphatic rings. The van der Waals surface area contributed by atoms with E-state index in [2.05, 4.69) is 20.7 Å². The average molecular weight is 456 g/mol. The Bertz CT molecular complexity index is 1050. The number of carbonyl (C=O) groups is 3. The van der Waals surface area contributed by atoms with Crippen LogP contribution in [0.15, 0.2) is 69.8 Å². The van der Waals surface area contributed by atoms with Gasteiger partial charge in [0.15, 0.2) is 0 Å². The number of ether oxygens (including phenoxy) is 2. The second kappa shape index (κ2) is 8.45. The van der Waals surface area contributed by atoms with E-state index in [0.717, 1.165) is 4.47 Å². The van der Waals surface area contributed by atoms with E-state index < -0.39 is 11.9 Å². The van der Waals surface area contributed by atoms with Crippen molar-refractivity contribution in [1.29, 1.82) is 0 Å². The molecule has 0 saturated carbocycles. The lowest BCUT2D eigenvalue weighted by Crippen LogP contribution is -2.24. The molecule has 0 fully saturated rings. The van der Waals surface area contributed by atoms with Crippen LogP contribution in [-0.2, 0) is 19.1 Å². The van der Waals surface area contributed by atoms with E-state index in [1.54, 1.807) is 49.4 Å². The summed E-state index contributed by atoms with van der Waals surface area (Å²) in [7, 11) is 2.58. The Kier molecular flexibility index (Phi) is 5.98. The molecule has 0 aromatic heterocycles. The van der Waals surface area contributed by atoms with E-state index in [0.29, 0.717) is 22.5 Å². The lowest BCUT2D eigenvalue weighted by atomic mass is 10.0. The van der Waals surface area contributed by atoms with Crippen molar-refractivity contribution in [3.05, 3.63) is 81.0 Å². The van der Waals surface area contributed by atoms with E-state index in [1.807, 2.05) is 12.1 Å². The molecule has 148 valence electrons. The van der Waals surface area contributed by atoms with Gasteiger partial charge in [-0.15, -0.1) is 0 Å². The van der Waals surface area contributed by atoms with Gasteiger partial charge >= 0.3 is 11.9 Å². The van der Waals surface area contributed by atoms with E-state index in [1.165, 1.54) is 19.1 Å². The van der Waals surface area contributed by atoms with Crippen LogP contribution in [0.2, 0.25) is 0 Å². The van der Waals surface area contributed by atoms with E-state index in [9.17, 15) is 14.4 Å². The zero-order valence-electron chi connectivity index (χ0n) is 16.1. The first-order valence-corrected chi connectivity index (χ1v) is 9.46. The first-order valence-electron chi connectivity index (χ1n) is 8.67. The van der Waals surface area contributed by atoms with Crippen molar-refractivity contribution in [3.8, 4) is 0 Å². The molecule has 29 heavy (non-hydrogen) atoms. The number of esters is 2. The van der Waals surface area contributed by atoms with Gasteiger partial charge in [-0.25, -0.2) is 9.59 Å². The summed E-state index contributed by atoms with van der Waals surface area (Å²) in [5.41, 5.74) is 2.59. The molecule has 1 heterocycles. The maximum Gasteiger partial charge on any atom is 0.340 e. The SMILES string of the molecule is COC(=O)C1=C(C)N(c2cccc(Br)c2)C(=O)/C1=C\c1ccc(C(=O)OC)cc1. The maximum absolute atomic E-state index is 13.2. The first kappa shape index (κ1) is 20.5. The fourth-order valence-electron chi connectivity index (χ4n) is 3.11. The molecule has 3 rings (SSSR count). The van der Waals surface area contributed by atoms with Crippen LogP contribution in [0.3, 0.4) is 0 Å². The van der Waals surface area contributed by atoms with Crippen molar-refractivity contribution in [1.82, 2.24) is 0 Å². The lowest BCUT2D eigenvalue weighted by Gasteiger charge is -2.18. The fourth-order valence-corrected chi connectivity index (χ4v) is 3.49. The number of rotatable bonds is 4. The number of anilines is 1. The van der Waals surface area contributed by atoms with Gasteiger partial charge in [-0.1, -0.05) is 34.1 Å². The molecule has 2 aromatic carbocycles. The van der Waals surface area contributed by atoms with Crippen molar-refractivity contribution in [3.63, 3.8) is 0 Å². The minimum atomic E-state index is -0.592. The number of amides is 1. The van der Waals surface area contributed by atoms with Gasteiger partial charge in [0.1, 0.15) is 0 Å². The normalized spacial score (nSPS) is 15.1. The van der Waals surface area contributed by atoms with Crippen LogP contribution in [-0.4, -0.2) is 32.1 Å². The third-order valence-electron chi connectivity index (χ3n) is 4.50. The summed E-state index contributed by atoms with van der Waals surface area (Å²) in [6.45, 7) is 1.70. The number of carbonyl (C=O) groups excluding carboxylic acids is 3. The molecule has 0 unspecified atom stereocenters. The van der Waals surface area contributed by atoms with Gasteiger partial charge in [-0.05, 0) is 48.9 Å². The highest BCUT2D eigenvalue weighted by molar-refractivity contribution is 9.10. The molecular weight excluding hydrogens is 438 g/mol. The topological polar surface area (TPSA) is 72.9 Å². The third-order valence-corrected chi connectivity index (χ3v) is 4.99. The minimum Gasteiger partial charge on any atom is -0.465 e. The van der Waals surface area contributed by atoms with Gasteiger partial charge in [0, 0.05) is 10.2 Å². The molecule has 0 aliphatic carbocycles. The van der Waals surface area contributed by atoms with Crippen molar-refractivity contribution < 1.29 is 23.9 Å². The van der Waals surface area contributed by atoms with Gasteiger partial charge in [-0.2, -0.15) is 0 Å². The Morgan fingerprint density at radius 1 is 1.00 bits per heavy atom.